The average molecular weight is 431 g/mol. The molecule has 3 rings (SSSR count). The van der Waals surface area contributed by atoms with Gasteiger partial charge < -0.3 is 9.73 Å². The maximum Gasteiger partial charge on any atom is 0.261 e. The van der Waals surface area contributed by atoms with E-state index < -0.39 is 0 Å². The molecule has 0 saturated heterocycles. The molecule has 29 heavy (non-hydrogen) atoms. The number of aryl methyl sites for hydroxylation is 2. The van der Waals surface area contributed by atoms with Crippen molar-refractivity contribution in [1.29, 1.82) is 0 Å². The number of carbonyl (C=O) groups is 3. The second-order valence-electron chi connectivity index (χ2n) is 6.12. The van der Waals surface area contributed by atoms with Gasteiger partial charge in [0.05, 0.1) is 11.3 Å². The van der Waals surface area contributed by atoms with Gasteiger partial charge in [-0.3, -0.25) is 19.7 Å². The van der Waals surface area contributed by atoms with Crippen LogP contribution in [0.2, 0.25) is 0 Å². The van der Waals surface area contributed by atoms with Crippen LogP contribution in [0.15, 0.2) is 39.1 Å². The van der Waals surface area contributed by atoms with Crippen molar-refractivity contribution in [2.24, 2.45) is 0 Å². The lowest BCUT2D eigenvalue weighted by Gasteiger charge is -2.04. The van der Waals surface area contributed by atoms with E-state index in [0.717, 1.165) is 0 Å². The van der Waals surface area contributed by atoms with Crippen molar-refractivity contribution in [2.75, 3.05) is 16.4 Å². The lowest BCUT2D eigenvalue weighted by Crippen LogP contribution is -2.14. The van der Waals surface area contributed by atoms with Gasteiger partial charge in [-0.1, -0.05) is 23.1 Å². The van der Waals surface area contributed by atoms with Crippen LogP contribution in [0.5, 0.6) is 0 Å². The minimum atomic E-state index is -0.321. The van der Waals surface area contributed by atoms with Crippen LogP contribution in [0, 0.1) is 13.8 Å². The third-order valence-electron chi connectivity index (χ3n) is 3.81. The molecule has 8 nitrogen and oxygen atoms in total. The molecule has 0 atom stereocenters. The first-order valence-corrected chi connectivity index (χ1v) is 10.4. The van der Waals surface area contributed by atoms with E-state index in [1.807, 2.05) is 0 Å². The Balaban J connectivity index is 1.51. The zero-order valence-electron chi connectivity index (χ0n) is 15.9. The Morgan fingerprint density at radius 1 is 1.10 bits per heavy atom. The average Bonchev–Trinajstić information content (AvgIpc) is 3.26. The van der Waals surface area contributed by atoms with Crippen LogP contribution >= 0.6 is 23.1 Å². The number of furan rings is 1. The van der Waals surface area contributed by atoms with E-state index in [2.05, 4.69) is 20.8 Å². The molecule has 1 aromatic carbocycles. The molecule has 150 valence electrons. The van der Waals surface area contributed by atoms with E-state index in [9.17, 15) is 14.4 Å². The summed E-state index contributed by atoms with van der Waals surface area (Å²) in [5.41, 5.74) is 1.64. The van der Waals surface area contributed by atoms with E-state index in [0.29, 0.717) is 37.8 Å². The van der Waals surface area contributed by atoms with E-state index in [1.54, 1.807) is 44.2 Å². The molecule has 0 spiro atoms. The van der Waals surface area contributed by atoms with Gasteiger partial charge in [0, 0.05) is 11.3 Å². The van der Waals surface area contributed by atoms with E-state index in [1.165, 1.54) is 30.0 Å². The number of amides is 2. The molecule has 2 amide bonds. The van der Waals surface area contributed by atoms with Crippen LogP contribution in [0.4, 0.5) is 10.8 Å². The summed E-state index contributed by atoms with van der Waals surface area (Å²) < 4.78 is 5.91. The highest BCUT2D eigenvalue weighted by molar-refractivity contribution is 8.01. The van der Waals surface area contributed by atoms with Crippen LogP contribution < -0.4 is 10.6 Å². The fourth-order valence-electron chi connectivity index (χ4n) is 2.45. The summed E-state index contributed by atoms with van der Waals surface area (Å²) in [5, 5.41) is 13.7. The van der Waals surface area contributed by atoms with Gasteiger partial charge in [-0.15, -0.1) is 10.2 Å². The predicted octanol–water partition coefficient (Wildman–Crippen LogP) is 3.93. The smallest absolute Gasteiger partial charge is 0.261 e. The summed E-state index contributed by atoms with van der Waals surface area (Å²) >= 11 is 2.40. The van der Waals surface area contributed by atoms with Crippen molar-refractivity contribution >= 4 is 51.5 Å². The molecule has 0 aliphatic carbocycles. The van der Waals surface area contributed by atoms with Crippen molar-refractivity contribution < 1.29 is 18.8 Å². The molecule has 10 heteroatoms. The minimum Gasteiger partial charge on any atom is -0.466 e. The fourth-order valence-corrected chi connectivity index (χ4v) is 4.00. The Bertz CT molecular complexity index is 1060. The number of rotatable bonds is 7. The fraction of sp³-hybridized carbons (Fsp3) is 0.211. The van der Waals surface area contributed by atoms with Gasteiger partial charge in [0.1, 0.15) is 11.5 Å². The number of carbonyl (C=O) groups excluding carboxylic acids is 3. The maximum atomic E-state index is 12.3. The van der Waals surface area contributed by atoms with Gasteiger partial charge in [0.25, 0.3) is 5.91 Å². The summed E-state index contributed by atoms with van der Waals surface area (Å²) in [5.74, 6) is 0.761. The van der Waals surface area contributed by atoms with Crippen LogP contribution in [0.1, 0.15) is 39.2 Å². The van der Waals surface area contributed by atoms with E-state index in [4.69, 9.17) is 4.42 Å². The summed E-state index contributed by atoms with van der Waals surface area (Å²) in [6.07, 6.45) is 0. The first kappa shape index (κ1) is 20.7. The highest BCUT2D eigenvalue weighted by Gasteiger charge is 2.16. The molecule has 0 unspecified atom stereocenters. The number of ketones is 1. The molecule has 0 aliphatic heterocycles. The summed E-state index contributed by atoms with van der Waals surface area (Å²) in [4.78, 5) is 35.6. The molecular formula is C19H18N4O4S2. The molecule has 2 N–H and O–H groups in total. The highest BCUT2D eigenvalue weighted by Crippen LogP contribution is 2.26. The van der Waals surface area contributed by atoms with Crippen molar-refractivity contribution in [3.05, 3.63) is 53.0 Å². The summed E-state index contributed by atoms with van der Waals surface area (Å²) in [6, 6.07) is 8.34. The standard InChI is InChI=1S/C19H18N4O4S2/c1-10-8-15(12(3)27-10)17(26)21-18-22-23-19(29-18)28-9-16(25)20-14-6-4-13(5-7-14)11(2)24/h4-8H,9H2,1-3H3,(H,20,25)(H,21,22,26). The van der Waals surface area contributed by atoms with Crippen LogP contribution in [0.25, 0.3) is 0 Å². The number of Topliss-reactive ketones (excluding diaryl/α,β-unsaturated/α-hetero) is 1. The number of benzene rings is 1. The number of hydrogen-bond donors (Lipinski definition) is 2. The Morgan fingerprint density at radius 2 is 1.83 bits per heavy atom. The Kier molecular flexibility index (Phi) is 6.45. The Hall–Kier alpha value is -2.98. The number of anilines is 2. The molecule has 0 aliphatic rings. The van der Waals surface area contributed by atoms with Crippen molar-refractivity contribution in [3.8, 4) is 0 Å². The molecule has 0 bridgehead atoms. The lowest BCUT2D eigenvalue weighted by atomic mass is 10.1. The van der Waals surface area contributed by atoms with E-state index >= 15 is 0 Å². The Morgan fingerprint density at radius 3 is 2.45 bits per heavy atom. The van der Waals surface area contributed by atoms with Crippen molar-refractivity contribution in [3.63, 3.8) is 0 Å². The van der Waals surface area contributed by atoms with Gasteiger partial charge in [-0.05, 0) is 51.1 Å². The topological polar surface area (TPSA) is 114 Å². The molecular weight excluding hydrogens is 412 g/mol. The number of nitrogens with zero attached hydrogens (tertiary/aromatic N) is 2. The number of aromatic nitrogens is 2. The quantitative estimate of drug-likeness (QED) is 0.331. The number of thioether (sulfide) groups is 1. The third kappa shape index (κ3) is 5.52. The monoisotopic (exact) mass is 430 g/mol. The largest absolute Gasteiger partial charge is 0.466 e. The lowest BCUT2D eigenvalue weighted by molar-refractivity contribution is -0.113. The van der Waals surface area contributed by atoms with Gasteiger partial charge in [0.2, 0.25) is 11.0 Å². The molecule has 2 heterocycles. The van der Waals surface area contributed by atoms with Crippen molar-refractivity contribution in [2.45, 2.75) is 25.1 Å². The van der Waals surface area contributed by atoms with E-state index in [-0.39, 0.29) is 23.4 Å². The molecule has 3 aromatic rings. The van der Waals surface area contributed by atoms with Gasteiger partial charge in [-0.25, -0.2) is 0 Å². The zero-order valence-corrected chi connectivity index (χ0v) is 17.6. The predicted molar refractivity (Wildman–Crippen MR) is 112 cm³/mol. The molecule has 0 fully saturated rings. The summed E-state index contributed by atoms with van der Waals surface area (Å²) in [7, 11) is 0. The van der Waals surface area contributed by atoms with Crippen LogP contribution in [-0.2, 0) is 4.79 Å². The highest BCUT2D eigenvalue weighted by atomic mass is 32.2. The number of nitrogens with one attached hydrogen (secondary N) is 2. The minimum absolute atomic E-state index is 0.0318. The Labute approximate surface area is 175 Å². The number of hydrogen-bond acceptors (Lipinski definition) is 8. The maximum absolute atomic E-state index is 12.3. The van der Waals surface area contributed by atoms with Gasteiger partial charge in [-0.2, -0.15) is 0 Å². The summed E-state index contributed by atoms with van der Waals surface area (Å²) in [6.45, 7) is 4.97. The van der Waals surface area contributed by atoms with Crippen molar-refractivity contribution in [1.82, 2.24) is 10.2 Å². The SMILES string of the molecule is CC(=O)c1ccc(NC(=O)CSc2nnc(NC(=O)c3cc(C)oc3C)s2)cc1. The first-order chi connectivity index (χ1) is 13.8. The molecule has 2 aromatic heterocycles. The van der Waals surface area contributed by atoms with Gasteiger partial charge >= 0.3 is 0 Å². The van der Waals surface area contributed by atoms with Gasteiger partial charge in [0.15, 0.2) is 10.1 Å². The molecule has 0 saturated carbocycles. The second kappa shape index (κ2) is 9.01. The third-order valence-corrected chi connectivity index (χ3v) is 5.79. The zero-order chi connectivity index (χ0) is 21.0. The molecule has 0 radical (unpaired) electrons. The van der Waals surface area contributed by atoms with Crippen LogP contribution in [-0.4, -0.2) is 33.5 Å². The normalized spacial score (nSPS) is 10.6. The van der Waals surface area contributed by atoms with Crippen LogP contribution in [0.3, 0.4) is 0 Å². The first-order valence-electron chi connectivity index (χ1n) is 8.57. The second-order valence-corrected chi connectivity index (χ2v) is 8.32.